The number of rotatable bonds is 7. The molecule has 0 atom stereocenters. The van der Waals surface area contributed by atoms with E-state index in [1.165, 1.54) is 0 Å². The maximum absolute atomic E-state index is 11.2. The molecule has 0 aromatic heterocycles. The number of nitrogens with one attached hydrogen (secondary N) is 1. The minimum Gasteiger partial charge on any atom is -0.274 e. The molecular formula is C9H19NO3S. The third-order valence-corrected chi connectivity index (χ3v) is 3.22. The summed E-state index contributed by atoms with van der Waals surface area (Å²) in [5.74, 6) is -0.376. The highest BCUT2D eigenvalue weighted by Crippen LogP contribution is 2.01. The molecule has 0 radical (unpaired) electrons. The van der Waals surface area contributed by atoms with Crippen molar-refractivity contribution in [3.8, 4) is 0 Å². The molecule has 0 rings (SSSR count). The van der Waals surface area contributed by atoms with E-state index in [1.54, 1.807) is 6.92 Å². The Bertz CT molecular complexity index is 259. The Labute approximate surface area is 86.1 Å². The molecule has 1 amide bonds. The summed E-state index contributed by atoms with van der Waals surface area (Å²) in [7, 11) is -3.37. The van der Waals surface area contributed by atoms with Crippen molar-refractivity contribution < 1.29 is 13.2 Å². The van der Waals surface area contributed by atoms with Gasteiger partial charge in [-0.1, -0.05) is 33.1 Å². The molecule has 0 spiro atoms. The van der Waals surface area contributed by atoms with Gasteiger partial charge in [0.25, 0.3) is 0 Å². The zero-order chi connectivity index (χ0) is 11.0. The van der Waals surface area contributed by atoms with Crippen molar-refractivity contribution in [2.24, 2.45) is 0 Å². The second kappa shape index (κ2) is 6.81. The van der Waals surface area contributed by atoms with Crippen LogP contribution < -0.4 is 4.72 Å². The average molecular weight is 221 g/mol. The summed E-state index contributed by atoms with van der Waals surface area (Å²) in [5.41, 5.74) is 0. The number of carbonyl (C=O) groups is 1. The first-order chi connectivity index (χ1) is 6.52. The van der Waals surface area contributed by atoms with Crippen molar-refractivity contribution >= 4 is 15.9 Å². The van der Waals surface area contributed by atoms with Gasteiger partial charge in [-0.3, -0.25) is 9.52 Å². The second-order valence-corrected chi connectivity index (χ2v) is 5.10. The summed E-state index contributed by atoms with van der Waals surface area (Å²) in [6.07, 6.45) is 3.84. The Morgan fingerprint density at radius 2 is 1.79 bits per heavy atom. The number of carbonyl (C=O) groups excluding carboxylic acids is 1. The lowest BCUT2D eigenvalue weighted by Crippen LogP contribution is -2.31. The van der Waals surface area contributed by atoms with E-state index >= 15 is 0 Å². The second-order valence-electron chi connectivity index (χ2n) is 3.26. The van der Waals surface area contributed by atoms with E-state index in [0.29, 0.717) is 6.42 Å². The van der Waals surface area contributed by atoms with Gasteiger partial charge >= 0.3 is 0 Å². The van der Waals surface area contributed by atoms with Gasteiger partial charge in [0.2, 0.25) is 15.9 Å². The lowest BCUT2D eigenvalue weighted by molar-refractivity contribution is -0.119. The smallest absolute Gasteiger partial charge is 0.234 e. The lowest BCUT2D eigenvalue weighted by Gasteiger charge is -2.04. The Kier molecular flexibility index (Phi) is 6.53. The van der Waals surface area contributed by atoms with E-state index in [0.717, 1.165) is 19.3 Å². The minimum absolute atomic E-state index is 0.0543. The predicted molar refractivity (Wildman–Crippen MR) is 56.4 cm³/mol. The van der Waals surface area contributed by atoms with Crippen LogP contribution in [-0.2, 0) is 14.8 Å². The molecule has 1 N–H and O–H groups in total. The summed E-state index contributed by atoms with van der Waals surface area (Å²) in [6.45, 7) is 3.69. The molecule has 0 saturated carbocycles. The van der Waals surface area contributed by atoms with Gasteiger partial charge in [-0.25, -0.2) is 8.42 Å². The van der Waals surface area contributed by atoms with Crippen LogP contribution in [0.3, 0.4) is 0 Å². The molecule has 0 fully saturated rings. The lowest BCUT2D eigenvalue weighted by atomic mass is 10.2. The maximum atomic E-state index is 11.2. The van der Waals surface area contributed by atoms with Gasteiger partial charge in [0.05, 0.1) is 5.75 Å². The van der Waals surface area contributed by atoms with Gasteiger partial charge in [0.1, 0.15) is 0 Å². The zero-order valence-electron chi connectivity index (χ0n) is 8.88. The van der Waals surface area contributed by atoms with Crippen molar-refractivity contribution in [1.82, 2.24) is 4.72 Å². The standard InChI is InChI=1S/C9H19NO3S/c1-3-5-6-7-8-14(12,13)10-9(11)4-2/h3-8H2,1-2H3,(H,10,11). The first-order valence-corrected chi connectivity index (χ1v) is 6.70. The van der Waals surface area contributed by atoms with E-state index in [2.05, 4.69) is 6.92 Å². The van der Waals surface area contributed by atoms with Gasteiger partial charge in [-0.15, -0.1) is 0 Å². The number of amides is 1. The highest BCUT2D eigenvalue weighted by atomic mass is 32.2. The van der Waals surface area contributed by atoms with E-state index < -0.39 is 15.9 Å². The highest BCUT2D eigenvalue weighted by Gasteiger charge is 2.11. The fourth-order valence-corrected chi connectivity index (χ4v) is 2.19. The Morgan fingerprint density at radius 3 is 2.29 bits per heavy atom. The van der Waals surface area contributed by atoms with Crippen molar-refractivity contribution in [3.05, 3.63) is 0 Å². The van der Waals surface area contributed by atoms with Gasteiger partial charge in [0.15, 0.2) is 0 Å². The van der Waals surface area contributed by atoms with Crippen LogP contribution >= 0.6 is 0 Å². The molecule has 14 heavy (non-hydrogen) atoms. The molecule has 0 aliphatic carbocycles. The SMILES string of the molecule is CCCCCCS(=O)(=O)NC(=O)CC. The van der Waals surface area contributed by atoms with Crippen LogP contribution in [0.25, 0.3) is 0 Å². The van der Waals surface area contributed by atoms with E-state index in [4.69, 9.17) is 0 Å². The number of sulfonamides is 1. The molecule has 0 bridgehead atoms. The zero-order valence-corrected chi connectivity index (χ0v) is 9.69. The molecule has 0 aliphatic rings. The summed E-state index contributed by atoms with van der Waals surface area (Å²) in [4.78, 5) is 10.8. The molecule has 0 aromatic carbocycles. The third kappa shape index (κ3) is 6.88. The van der Waals surface area contributed by atoms with Gasteiger partial charge in [0, 0.05) is 6.42 Å². The van der Waals surface area contributed by atoms with E-state index in [9.17, 15) is 13.2 Å². The van der Waals surface area contributed by atoms with E-state index in [-0.39, 0.29) is 12.2 Å². The van der Waals surface area contributed by atoms with E-state index in [1.807, 2.05) is 4.72 Å². The number of unbranched alkanes of at least 4 members (excludes halogenated alkanes) is 3. The molecule has 0 aromatic rings. The number of hydrogen-bond donors (Lipinski definition) is 1. The predicted octanol–water partition coefficient (Wildman–Crippen LogP) is 1.42. The third-order valence-electron chi connectivity index (χ3n) is 1.86. The summed E-state index contributed by atoms with van der Waals surface area (Å²) >= 11 is 0. The molecule has 0 unspecified atom stereocenters. The monoisotopic (exact) mass is 221 g/mol. The van der Waals surface area contributed by atoms with Crippen molar-refractivity contribution in [1.29, 1.82) is 0 Å². The van der Waals surface area contributed by atoms with Crippen molar-refractivity contribution in [2.75, 3.05) is 5.75 Å². The Morgan fingerprint density at radius 1 is 1.14 bits per heavy atom. The van der Waals surface area contributed by atoms with Gasteiger partial charge in [-0.05, 0) is 6.42 Å². The highest BCUT2D eigenvalue weighted by molar-refractivity contribution is 7.90. The summed E-state index contributed by atoms with van der Waals surface area (Å²) in [6, 6.07) is 0. The molecule has 0 heterocycles. The topological polar surface area (TPSA) is 63.2 Å². The van der Waals surface area contributed by atoms with Crippen LogP contribution in [-0.4, -0.2) is 20.1 Å². The van der Waals surface area contributed by atoms with Crippen molar-refractivity contribution in [2.45, 2.75) is 46.0 Å². The molecular weight excluding hydrogens is 202 g/mol. The first kappa shape index (κ1) is 13.4. The molecule has 84 valence electrons. The largest absolute Gasteiger partial charge is 0.274 e. The molecule has 4 nitrogen and oxygen atoms in total. The first-order valence-electron chi connectivity index (χ1n) is 5.05. The normalized spacial score (nSPS) is 11.3. The van der Waals surface area contributed by atoms with Crippen molar-refractivity contribution in [3.63, 3.8) is 0 Å². The average Bonchev–Trinajstić information content (AvgIpc) is 2.12. The molecule has 0 aliphatic heterocycles. The fraction of sp³-hybridized carbons (Fsp3) is 0.889. The number of hydrogen-bond acceptors (Lipinski definition) is 3. The maximum Gasteiger partial charge on any atom is 0.234 e. The quantitative estimate of drug-likeness (QED) is 0.661. The van der Waals surface area contributed by atoms with Crippen LogP contribution in [0.15, 0.2) is 0 Å². The van der Waals surface area contributed by atoms with Crippen LogP contribution in [0.1, 0.15) is 46.0 Å². The Balaban J connectivity index is 3.79. The molecule has 0 saturated heterocycles. The molecule has 5 heteroatoms. The van der Waals surface area contributed by atoms with Gasteiger partial charge in [-0.2, -0.15) is 0 Å². The summed E-state index contributed by atoms with van der Waals surface area (Å²) in [5, 5.41) is 0. The van der Waals surface area contributed by atoms with Crippen LogP contribution in [0.5, 0.6) is 0 Å². The Hall–Kier alpha value is -0.580. The van der Waals surface area contributed by atoms with Crippen LogP contribution in [0.4, 0.5) is 0 Å². The summed E-state index contributed by atoms with van der Waals surface area (Å²) < 4.78 is 24.5. The van der Waals surface area contributed by atoms with Crippen LogP contribution in [0.2, 0.25) is 0 Å². The minimum atomic E-state index is -3.37. The van der Waals surface area contributed by atoms with Gasteiger partial charge < -0.3 is 0 Å². The van der Waals surface area contributed by atoms with Crippen LogP contribution in [0, 0.1) is 0 Å². The fourth-order valence-electron chi connectivity index (χ4n) is 1.02.